The van der Waals surface area contributed by atoms with Gasteiger partial charge in [-0.1, -0.05) is 38.1 Å². The number of halogens is 1. The summed E-state index contributed by atoms with van der Waals surface area (Å²) >= 11 is 5.96. The SMILES string of the molecule is C.C[C@@H]1C[C@@H](O)c2ncnc(N3CCN(C(=O)[C@H](CN)c4ccc(Cl)cc4)CC3)c21. The van der Waals surface area contributed by atoms with E-state index in [9.17, 15) is 9.90 Å². The first-order chi connectivity index (χ1) is 14.0. The Morgan fingerprint density at radius 1 is 1.23 bits per heavy atom. The third-order valence-electron chi connectivity index (χ3n) is 5.98. The standard InChI is InChI=1S/C21H26ClN5O2.CH4/c1-13-10-17(28)19-18(13)20(25-12-24-19)26-6-8-27(9-7-26)21(29)16(11-23)14-2-4-15(22)5-3-14;/h2-5,12-13,16-17,28H,6-11,23H2,1H3;1H4/t13-,16-,17-;/m1./s1. The largest absolute Gasteiger partial charge is 0.387 e. The van der Waals surface area contributed by atoms with Crippen LogP contribution in [0.15, 0.2) is 30.6 Å². The second-order valence-electron chi connectivity index (χ2n) is 7.80. The average molecular weight is 432 g/mol. The van der Waals surface area contributed by atoms with Gasteiger partial charge in [0.25, 0.3) is 0 Å². The summed E-state index contributed by atoms with van der Waals surface area (Å²) in [5, 5.41) is 10.9. The third-order valence-corrected chi connectivity index (χ3v) is 6.23. The lowest BCUT2D eigenvalue weighted by molar-refractivity contribution is -0.132. The first kappa shape index (κ1) is 22.5. The molecule has 0 unspecified atom stereocenters. The predicted octanol–water partition coefficient (Wildman–Crippen LogP) is 2.70. The molecule has 2 aromatic rings. The van der Waals surface area contributed by atoms with Crippen LogP contribution in [0.5, 0.6) is 0 Å². The molecular formula is C22H30ClN5O2. The Labute approximate surface area is 182 Å². The first-order valence-corrected chi connectivity index (χ1v) is 10.4. The zero-order valence-corrected chi connectivity index (χ0v) is 17.2. The summed E-state index contributed by atoms with van der Waals surface area (Å²) in [5.41, 5.74) is 8.60. The van der Waals surface area contributed by atoms with E-state index in [1.807, 2.05) is 17.0 Å². The van der Waals surface area contributed by atoms with Crippen molar-refractivity contribution in [2.24, 2.45) is 5.73 Å². The van der Waals surface area contributed by atoms with Crippen molar-refractivity contribution in [2.45, 2.75) is 38.7 Å². The van der Waals surface area contributed by atoms with Crippen molar-refractivity contribution < 1.29 is 9.90 Å². The van der Waals surface area contributed by atoms with Crippen LogP contribution in [0, 0.1) is 0 Å². The summed E-state index contributed by atoms with van der Waals surface area (Å²) in [6.45, 7) is 4.96. The molecule has 0 saturated carbocycles. The lowest BCUT2D eigenvalue weighted by Gasteiger charge is -2.37. The van der Waals surface area contributed by atoms with Gasteiger partial charge in [0.1, 0.15) is 12.1 Å². The third kappa shape index (κ3) is 4.15. The smallest absolute Gasteiger partial charge is 0.231 e. The number of hydrogen-bond acceptors (Lipinski definition) is 6. The Bertz CT molecular complexity index is 884. The monoisotopic (exact) mass is 431 g/mol. The Kier molecular flexibility index (Phi) is 6.95. The van der Waals surface area contributed by atoms with Crippen molar-refractivity contribution in [1.29, 1.82) is 0 Å². The lowest BCUT2D eigenvalue weighted by atomic mass is 9.97. The fourth-order valence-electron chi connectivity index (χ4n) is 4.39. The number of aliphatic hydroxyl groups excluding tert-OH is 1. The van der Waals surface area contributed by atoms with Crippen molar-refractivity contribution >= 4 is 23.3 Å². The molecule has 1 aromatic heterocycles. The molecule has 0 spiro atoms. The van der Waals surface area contributed by atoms with E-state index in [0.717, 1.165) is 22.6 Å². The molecule has 1 aliphatic carbocycles. The summed E-state index contributed by atoms with van der Waals surface area (Å²) in [5.74, 6) is 0.796. The maximum absolute atomic E-state index is 13.1. The molecule has 1 aromatic carbocycles. The number of anilines is 1. The van der Waals surface area contributed by atoms with Gasteiger partial charge in [-0.3, -0.25) is 4.79 Å². The van der Waals surface area contributed by atoms with Crippen molar-refractivity contribution in [3.05, 3.63) is 52.4 Å². The van der Waals surface area contributed by atoms with Crippen molar-refractivity contribution in [2.75, 3.05) is 37.6 Å². The van der Waals surface area contributed by atoms with E-state index in [0.29, 0.717) is 37.6 Å². The minimum atomic E-state index is -0.519. The van der Waals surface area contributed by atoms with Gasteiger partial charge in [-0.25, -0.2) is 9.97 Å². The molecule has 8 heteroatoms. The van der Waals surface area contributed by atoms with Crippen LogP contribution >= 0.6 is 11.6 Å². The van der Waals surface area contributed by atoms with E-state index in [1.165, 1.54) is 6.33 Å². The van der Waals surface area contributed by atoms with E-state index in [2.05, 4.69) is 21.8 Å². The van der Waals surface area contributed by atoms with Crippen molar-refractivity contribution in [3.8, 4) is 0 Å². The maximum Gasteiger partial charge on any atom is 0.231 e. The molecule has 1 saturated heterocycles. The second kappa shape index (κ2) is 9.29. The van der Waals surface area contributed by atoms with Gasteiger partial charge in [-0.2, -0.15) is 0 Å². The number of amides is 1. The number of hydrogen-bond donors (Lipinski definition) is 2. The first-order valence-electron chi connectivity index (χ1n) is 10.0. The summed E-state index contributed by atoms with van der Waals surface area (Å²) in [6.07, 6.45) is 1.69. The van der Waals surface area contributed by atoms with Crippen LogP contribution in [0.4, 0.5) is 5.82 Å². The molecule has 30 heavy (non-hydrogen) atoms. The average Bonchev–Trinajstić information content (AvgIpc) is 3.04. The number of rotatable bonds is 4. The minimum absolute atomic E-state index is 0. The molecule has 162 valence electrons. The number of piperazine rings is 1. The summed E-state index contributed by atoms with van der Waals surface area (Å²) in [7, 11) is 0. The molecule has 2 heterocycles. The Morgan fingerprint density at radius 3 is 2.53 bits per heavy atom. The van der Waals surface area contributed by atoms with Crippen LogP contribution in [0.2, 0.25) is 5.02 Å². The fraction of sp³-hybridized carbons (Fsp3) is 0.500. The second-order valence-corrected chi connectivity index (χ2v) is 8.24. The summed E-state index contributed by atoms with van der Waals surface area (Å²) in [6, 6.07) is 7.31. The topological polar surface area (TPSA) is 95.6 Å². The van der Waals surface area contributed by atoms with Crippen LogP contribution in [0.1, 0.15) is 55.5 Å². The van der Waals surface area contributed by atoms with Crippen LogP contribution in [0.3, 0.4) is 0 Å². The number of benzene rings is 1. The van der Waals surface area contributed by atoms with E-state index in [-0.39, 0.29) is 31.7 Å². The van der Waals surface area contributed by atoms with E-state index in [1.54, 1.807) is 12.1 Å². The Hall–Kier alpha value is -2.22. The number of fused-ring (bicyclic) bond motifs is 1. The summed E-state index contributed by atoms with van der Waals surface area (Å²) in [4.78, 5) is 25.9. The zero-order valence-electron chi connectivity index (χ0n) is 16.5. The van der Waals surface area contributed by atoms with E-state index in [4.69, 9.17) is 17.3 Å². The van der Waals surface area contributed by atoms with Crippen LogP contribution in [-0.2, 0) is 4.79 Å². The maximum atomic E-state index is 13.1. The fourth-order valence-corrected chi connectivity index (χ4v) is 4.51. The van der Waals surface area contributed by atoms with Gasteiger partial charge in [0, 0.05) is 43.3 Å². The van der Waals surface area contributed by atoms with Crippen molar-refractivity contribution in [1.82, 2.24) is 14.9 Å². The molecule has 3 N–H and O–H groups in total. The van der Waals surface area contributed by atoms with Gasteiger partial charge in [0.2, 0.25) is 5.91 Å². The van der Waals surface area contributed by atoms with Gasteiger partial charge < -0.3 is 20.6 Å². The van der Waals surface area contributed by atoms with Crippen LogP contribution in [-0.4, -0.2) is 58.6 Å². The van der Waals surface area contributed by atoms with Gasteiger partial charge in [-0.15, -0.1) is 0 Å². The van der Waals surface area contributed by atoms with E-state index >= 15 is 0 Å². The lowest BCUT2D eigenvalue weighted by Crippen LogP contribution is -2.51. The number of carbonyl (C=O) groups excluding carboxylic acids is 1. The number of nitrogens with two attached hydrogens (primary N) is 1. The Morgan fingerprint density at radius 2 is 1.90 bits per heavy atom. The molecule has 1 amide bonds. The Balaban J connectivity index is 0.00000256. The zero-order chi connectivity index (χ0) is 20.5. The molecular weight excluding hydrogens is 402 g/mol. The van der Waals surface area contributed by atoms with E-state index < -0.39 is 6.10 Å². The minimum Gasteiger partial charge on any atom is -0.387 e. The van der Waals surface area contributed by atoms with Gasteiger partial charge in [0.15, 0.2) is 0 Å². The van der Waals surface area contributed by atoms with Gasteiger partial charge >= 0.3 is 0 Å². The summed E-state index contributed by atoms with van der Waals surface area (Å²) < 4.78 is 0. The molecule has 0 bridgehead atoms. The van der Waals surface area contributed by atoms with Gasteiger partial charge in [0.05, 0.1) is 17.7 Å². The number of nitrogens with zero attached hydrogens (tertiary/aromatic N) is 4. The molecule has 7 nitrogen and oxygen atoms in total. The van der Waals surface area contributed by atoms with Gasteiger partial charge in [-0.05, 0) is 30.0 Å². The highest BCUT2D eigenvalue weighted by molar-refractivity contribution is 6.30. The molecule has 3 atom stereocenters. The van der Waals surface area contributed by atoms with Crippen LogP contribution in [0.25, 0.3) is 0 Å². The molecule has 0 radical (unpaired) electrons. The number of carbonyl (C=O) groups is 1. The quantitative estimate of drug-likeness (QED) is 0.772. The predicted molar refractivity (Wildman–Crippen MR) is 119 cm³/mol. The normalized spacial score (nSPS) is 21.7. The molecule has 1 aliphatic heterocycles. The molecule has 1 fully saturated rings. The highest BCUT2D eigenvalue weighted by Gasteiger charge is 2.34. The number of aliphatic hydroxyl groups is 1. The number of aromatic nitrogens is 2. The highest BCUT2D eigenvalue weighted by atomic mass is 35.5. The van der Waals surface area contributed by atoms with Crippen molar-refractivity contribution in [3.63, 3.8) is 0 Å². The van der Waals surface area contributed by atoms with Crippen LogP contribution < -0.4 is 10.6 Å². The highest BCUT2D eigenvalue weighted by Crippen LogP contribution is 2.42. The molecule has 4 rings (SSSR count). The molecule has 2 aliphatic rings.